The van der Waals surface area contributed by atoms with Gasteiger partial charge < -0.3 is 4.90 Å². The fourth-order valence-corrected chi connectivity index (χ4v) is 3.26. The Morgan fingerprint density at radius 2 is 1.92 bits per heavy atom. The third-order valence-electron chi connectivity index (χ3n) is 4.81. The number of alkyl halides is 3. The molecule has 2 heterocycles. The standard InChI is InChI=1S/C17H17F3N4O/c18-17(19,20)14-4-2-1-3-13(14)16(25)23-8-7-12(9-23)24-10-15(21-22-24)11-5-6-11/h1-4,10-12H,5-9H2. The molecular formula is C17H17F3N4O. The zero-order chi connectivity index (χ0) is 17.6. The van der Waals surface area contributed by atoms with Gasteiger partial charge in [-0.1, -0.05) is 17.3 Å². The summed E-state index contributed by atoms with van der Waals surface area (Å²) >= 11 is 0. The van der Waals surface area contributed by atoms with Crippen molar-refractivity contribution in [1.29, 1.82) is 0 Å². The third kappa shape index (κ3) is 3.12. The molecule has 25 heavy (non-hydrogen) atoms. The Morgan fingerprint density at radius 1 is 1.16 bits per heavy atom. The summed E-state index contributed by atoms with van der Waals surface area (Å²) < 4.78 is 41.1. The van der Waals surface area contributed by atoms with Crippen molar-refractivity contribution in [1.82, 2.24) is 19.9 Å². The monoisotopic (exact) mass is 350 g/mol. The van der Waals surface area contributed by atoms with Crippen molar-refractivity contribution < 1.29 is 18.0 Å². The molecule has 132 valence electrons. The Kier molecular flexibility index (Phi) is 3.77. The Hall–Kier alpha value is -2.38. The van der Waals surface area contributed by atoms with Gasteiger partial charge >= 0.3 is 6.18 Å². The number of rotatable bonds is 3. The summed E-state index contributed by atoms with van der Waals surface area (Å²) in [7, 11) is 0. The summed E-state index contributed by atoms with van der Waals surface area (Å²) in [5.74, 6) is -0.0930. The molecule has 0 N–H and O–H groups in total. The van der Waals surface area contributed by atoms with Gasteiger partial charge in [-0.3, -0.25) is 4.79 Å². The number of hydrogen-bond donors (Lipinski definition) is 0. The molecule has 2 aromatic rings. The van der Waals surface area contributed by atoms with Crippen LogP contribution in [0.2, 0.25) is 0 Å². The highest BCUT2D eigenvalue weighted by Gasteiger charge is 2.37. The Bertz CT molecular complexity index is 797. The van der Waals surface area contributed by atoms with E-state index in [9.17, 15) is 18.0 Å². The minimum absolute atomic E-state index is 0.0398. The summed E-state index contributed by atoms with van der Waals surface area (Å²) in [6, 6.07) is 4.89. The van der Waals surface area contributed by atoms with E-state index < -0.39 is 17.6 Å². The molecule has 2 aliphatic rings. The van der Waals surface area contributed by atoms with E-state index in [1.54, 1.807) is 4.68 Å². The molecule has 4 rings (SSSR count). The van der Waals surface area contributed by atoms with Gasteiger partial charge in [0.25, 0.3) is 5.91 Å². The first-order valence-electron chi connectivity index (χ1n) is 8.30. The summed E-state index contributed by atoms with van der Waals surface area (Å²) in [6.07, 6.45) is 0.272. The second kappa shape index (κ2) is 5.86. The molecule has 1 saturated heterocycles. The minimum atomic E-state index is -4.55. The number of carbonyl (C=O) groups is 1. The first-order chi connectivity index (χ1) is 11.9. The fraction of sp³-hybridized carbons (Fsp3) is 0.471. The van der Waals surface area contributed by atoms with E-state index in [2.05, 4.69) is 10.3 Å². The molecule has 5 nitrogen and oxygen atoms in total. The number of amides is 1. The lowest BCUT2D eigenvalue weighted by Gasteiger charge is -2.19. The number of nitrogens with zero attached hydrogens (tertiary/aromatic N) is 4. The molecule has 1 amide bonds. The van der Waals surface area contributed by atoms with Gasteiger partial charge in [0.2, 0.25) is 0 Å². The Labute approximate surface area is 142 Å². The molecule has 1 saturated carbocycles. The second-order valence-corrected chi connectivity index (χ2v) is 6.63. The third-order valence-corrected chi connectivity index (χ3v) is 4.81. The van der Waals surface area contributed by atoms with Crippen LogP contribution in [0.4, 0.5) is 13.2 Å². The number of aromatic nitrogens is 3. The van der Waals surface area contributed by atoms with Crippen molar-refractivity contribution in [2.45, 2.75) is 37.4 Å². The zero-order valence-electron chi connectivity index (χ0n) is 13.4. The van der Waals surface area contributed by atoms with Gasteiger partial charge in [0.05, 0.1) is 22.9 Å². The van der Waals surface area contributed by atoms with Gasteiger partial charge in [-0.2, -0.15) is 13.2 Å². The van der Waals surface area contributed by atoms with Crippen LogP contribution in [-0.2, 0) is 6.18 Å². The van der Waals surface area contributed by atoms with Crippen LogP contribution in [0.1, 0.15) is 52.8 Å². The maximum atomic E-state index is 13.1. The topological polar surface area (TPSA) is 51.0 Å². The SMILES string of the molecule is O=C(c1ccccc1C(F)(F)F)N1CCC(n2cc(C3CC3)nn2)C1. The van der Waals surface area contributed by atoms with Crippen molar-refractivity contribution in [3.05, 3.63) is 47.3 Å². The summed E-state index contributed by atoms with van der Waals surface area (Å²) in [5.41, 5.74) is -0.222. The van der Waals surface area contributed by atoms with Crippen LogP contribution in [0.5, 0.6) is 0 Å². The van der Waals surface area contributed by atoms with E-state index in [1.807, 2.05) is 6.20 Å². The normalized spacial score (nSPS) is 20.9. The van der Waals surface area contributed by atoms with E-state index in [4.69, 9.17) is 0 Å². The lowest BCUT2D eigenvalue weighted by molar-refractivity contribution is -0.138. The molecule has 1 aliphatic heterocycles. The number of carbonyl (C=O) groups excluding carboxylic acids is 1. The maximum Gasteiger partial charge on any atom is 0.417 e. The Balaban J connectivity index is 1.50. The van der Waals surface area contributed by atoms with Gasteiger partial charge in [-0.05, 0) is 31.4 Å². The smallest absolute Gasteiger partial charge is 0.336 e. The molecule has 1 atom stereocenters. The van der Waals surface area contributed by atoms with Crippen LogP contribution in [-0.4, -0.2) is 38.9 Å². The predicted octanol–water partition coefficient (Wildman–Crippen LogP) is 3.26. The molecule has 0 spiro atoms. The molecule has 2 fully saturated rings. The molecule has 1 unspecified atom stereocenters. The highest BCUT2D eigenvalue weighted by molar-refractivity contribution is 5.96. The maximum absolute atomic E-state index is 13.1. The number of likely N-dealkylation sites (tertiary alicyclic amines) is 1. The highest BCUT2D eigenvalue weighted by Crippen LogP contribution is 2.39. The summed E-state index contributed by atoms with van der Waals surface area (Å²) in [6.45, 7) is 0.757. The van der Waals surface area contributed by atoms with Crippen LogP contribution in [0.15, 0.2) is 30.5 Å². The highest BCUT2D eigenvalue weighted by atomic mass is 19.4. The largest absolute Gasteiger partial charge is 0.417 e. The average molecular weight is 350 g/mol. The molecule has 8 heteroatoms. The van der Waals surface area contributed by atoms with E-state index in [1.165, 1.54) is 23.1 Å². The fourth-order valence-electron chi connectivity index (χ4n) is 3.26. The predicted molar refractivity (Wildman–Crippen MR) is 83.0 cm³/mol. The van der Waals surface area contributed by atoms with Crippen LogP contribution in [0.3, 0.4) is 0 Å². The van der Waals surface area contributed by atoms with Gasteiger partial charge in [-0.25, -0.2) is 4.68 Å². The number of hydrogen-bond acceptors (Lipinski definition) is 3. The molecule has 1 aromatic carbocycles. The number of halogens is 3. The lowest BCUT2D eigenvalue weighted by Crippen LogP contribution is -2.31. The van der Waals surface area contributed by atoms with E-state index >= 15 is 0 Å². The van der Waals surface area contributed by atoms with Crippen LogP contribution in [0.25, 0.3) is 0 Å². The minimum Gasteiger partial charge on any atom is -0.336 e. The van der Waals surface area contributed by atoms with Gasteiger partial charge in [0, 0.05) is 25.2 Å². The van der Waals surface area contributed by atoms with Crippen molar-refractivity contribution in [3.63, 3.8) is 0 Å². The van der Waals surface area contributed by atoms with Gasteiger partial charge in [0.1, 0.15) is 0 Å². The second-order valence-electron chi connectivity index (χ2n) is 6.63. The first kappa shape index (κ1) is 16.1. The van der Waals surface area contributed by atoms with Crippen molar-refractivity contribution in [2.24, 2.45) is 0 Å². The van der Waals surface area contributed by atoms with E-state index in [-0.39, 0.29) is 11.6 Å². The van der Waals surface area contributed by atoms with E-state index in [0.29, 0.717) is 25.4 Å². The molecule has 0 radical (unpaired) electrons. The van der Waals surface area contributed by atoms with Crippen LogP contribution >= 0.6 is 0 Å². The van der Waals surface area contributed by atoms with Crippen molar-refractivity contribution in [2.75, 3.05) is 13.1 Å². The average Bonchev–Trinajstić information content (AvgIpc) is 3.11. The van der Waals surface area contributed by atoms with Crippen LogP contribution in [0, 0.1) is 0 Å². The molecule has 1 aliphatic carbocycles. The lowest BCUT2D eigenvalue weighted by atomic mass is 10.1. The van der Waals surface area contributed by atoms with Gasteiger partial charge in [0.15, 0.2) is 0 Å². The molecule has 1 aromatic heterocycles. The van der Waals surface area contributed by atoms with E-state index in [0.717, 1.165) is 24.6 Å². The molecule has 0 bridgehead atoms. The Morgan fingerprint density at radius 3 is 2.64 bits per heavy atom. The molecular weight excluding hydrogens is 333 g/mol. The van der Waals surface area contributed by atoms with Gasteiger partial charge in [-0.15, -0.1) is 5.10 Å². The first-order valence-corrected chi connectivity index (χ1v) is 8.30. The number of benzene rings is 1. The summed E-state index contributed by atoms with van der Waals surface area (Å²) in [5, 5.41) is 8.29. The van der Waals surface area contributed by atoms with Crippen molar-refractivity contribution >= 4 is 5.91 Å². The van der Waals surface area contributed by atoms with Crippen LogP contribution < -0.4 is 0 Å². The zero-order valence-corrected chi connectivity index (χ0v) is 13.4. The summed E-state index contributed by atoms with van der Waals surface area (Å²) in [4.78, 5) is 14.1. The quantitative estimate of drug-likeness (QED) is 0.854. The van der Waals surface area contributed by atoms with Crippen molar-refractivity contribution in [3.8, 4) is 0 Å².